The summed E-state index contributed by atoms with van der Waals surface area (Å²) in [5.41, 5.74) is 1.44. The molecule has 0 fully saturated rings. The van der Waals surface area contributed by atoms with Crippen LogP contribution in [0.25, 0.3) is 0 Å². The van der Waals surface area contributed by atoms with E-state index in [9.17, 15) is 4.79 Å². The first kappa shape index (κ1) is 15.8. The van der Waals surface area contributed by atoms with Crippen LogP contribution in [0.5, 0.6) is 0 Å². The van der Waals surface area contributed by atoms with Gasteiger partial charge < -0.3 is 10.6 Å². The topological polar surface area (TPSA) is 41.1 Å². The summed E-state index contributed by atoms with van der Waals surface area (Å²) in [7, 11) is 0. The van der Waals surface area contributed by atoms with Gasteiger partial charge in [-0.25, -0.2) is 0 Å². The number of hydrogen-bond donors (Lipinski definition) is 2. The van der Waals surface area contributed by atoms with Gasteiger partial charge in [0.2, 0.25) is 0 Å². The van der Waals surface area contributed by atoms with E-state index < -0.39 is 0 Å². The molecule has 3 nitrogen and oxygen atoms in total. The van der Waals surface area contributed by atoms with Gasteiger partial charge in [0.15, 0.2) is 0 Å². The van der Waals surface area contributed by atoms with E-state index in [-0.39, 0.29) is 11.9 Å². The van der Waals surface area contributed by atoms with Gasteiger partial charge in [0.25, 0.3) is 5.91 Å². The van der Waals surface area contributed by atoms with E-state index >= 15 is 0 Å². The summed E-state index contributed by atoms with van der Waals surface area (Å²) >= 11 is 5.99. The molecule has 0 spiro atoms. The summed E-state index contributed by atoms with van der Waals surface area (Å²) in [4.78, 5) is 12.3. The Morgan fingerprint density at radius 3 is 2.58 bits per heavy atom. The molecule has 0 saturated heterocycles. The lowest BCUT2D eigenvalue weighted by Gasteiger charge is -2.19. The Balaban J connectivity index is 2.90. The van der Waals surface area contributed by atoms with E-state index in [0.29, 0.717) is 16.5 Å². The fourth-order valence-corrected chi connectivity index (χ4v) is 1.74. The van der Waals surface area contributed by atoms with Crippen LogP contribution in [0.1, 0.15) is 44.5 Å². The molecular formula is C15H23ClN2O. The van der Waals surface area contributed by atoms with Gasteiger partial charge >= 0.3 is 0 Å². The smallest absolute Gasteiger partial charge is 0.253 e. The molecule has 0 bridgehead atoms. The van der Waals surface area contributed by atoms with Crippen LogP contribution in [0, 0.1) is 5.92 Å². The van der Waals surface area contributed by atoms with Crippen molar-refractivity contribution >= 4 is 23.2 Å². The maximum atomic E-state index is 12.3. The Labute approximate surface area is 120 Å². The quantitative estimate of drug-likeness (QED) is 0.830. The van der Waals surface area contributed by atoms with Gasteiger partial charge in [-0.2, -0.15) is 0 Å². The minimum atomic E-state index is -0.0812. The summed E-state index contributed by atoms with van der Waals surface area (Å²) in [5.74, 6) is 0.317. The number of anilines is 1. The number of benzene rings is 1. The summed E-state index contributed by atoms with van der Waals surface area (Å²) in [6, 6.07) is 5.49. The number of carbonyl (C=O) groups is 1. The Kier molecular flexibility index (Phi) is 6.16. The normalized spacial score (nSPS) is 12.3. The second-order valence-electron chi connectivity index (χ2n) is 5.12. The minimum Gasteiger partial charge on any atom is -0.384 e. The van der Waals surface area contributed by atoms with Crippen molar-refractivity contribution in [2.24, 2.45) is 5.92 Å². The zero-order chi connectivity index (χ0) is 14.4. The van der Waals surface area contributed by atoms with Crippen molar-refractivity contribution in [3.8, 4) is 0 Å². The Hall–Kier alpha value is -1.22. The van der Waals surface area contributed by atoms with Crippen molar-refractivity contribution in [1.29, 1.82) is 0 Å². The number of halogens is 1. The lowest BCUT2D eigenvalue weighted by Crippen LogP contribution is -2.36. The highest BCUT2D eigenvalue weighted by molar-refractivity contribution is 6.31. The van der Waals surface area contributed by atoms with Gasteiger partial charge in [0.1, 0.15) is 0 Å². The third-order valence-electron chi connectivity index (χ3n) is 3.15. The van der Waals surface area contributed by atoms with Crippen molar-refractivity contribution in [2.45, 2.75) is 40.2 Å². The van der Waals surface area contributed by atoms with Crippen LogP contribution in [0.4, 0.5) is 5.69 Å². The van der Waals surface area contributed by atoms with Gasteiger partial charge in [0, 0.05) is 23.3 Å². The summed E-state index contributed by atoms with van der Waals surface area (Å²) in [6.07, 6.45) is 1.01. The van der Waals surface area contributed by atoms with Crippen molar-refractivity contribution in [3.05, 3.63) is 28.8 Å². The predicted octanol–water partition coefficient (Wildman–Crippen LogP) is 3.94. The molecule has 1 unspecified atom stereocenters. The van der Waals surface area contributed by atoms with Gasteiger partial charge in [-0.1, -0.05) is 32.4 Å². The average molecular weight is 283 g/mol. The Morgan fingerprint density at radius 1 is 1.32 bits per heavy atom. The van der Waals surface area contributed by atoms with Crippen molar-refractivity contribution < 1.29 is 4.79 Å². The molecule has 0 saturated carbocycles. The summed E-state index contributed by atoms with van der Waals surface area (Å²) in [5, 5.41) is 6.83. The first-order valence-corrected chi connectivity index (χ1v) is 7.17. The van der Waals surface area contributed by atoms with Crippen LogP contribution in [0.2, 0.25) is 5.02 Å². The van der Waals surface area contributed by atoms with E-state index in [0.717, 1.165) is 18.7 Å². The number of rotatable bonds is 6. The van der Waals surface area contributed by atoms with Crippen LogP contribution in [-0.4, -0.2) is 18.5 Å². The molecule has 4 heteroatoms. The molecule has 0 aromatic heterocycles. The third kappa shape index (κ3) is 4.75. The van der Waals surface area contributed by atoms with E-state index in [1.54, 1.807) is 12.1 Å². The lowest BCUT2D eigenvalue weighted by molar-refractivity contribution is 0.0931. The molecule has 1 amide bonds. The van der Waals surface area contributed by atoms with Crippen LogP contribution >= 0.6 is 11.6 Å². The molecule has 1 rings (SSSR count). The van der Waals surface area contributed by atoms with Crippen molar-refractivity contribution in [3.63, 3.8) is 0 Å². The van der Waals surface area contributed by atoms with Crippen LogP contribution in [0.15, 0.2) is 18.2 Å². The highest BCUT2D eigenvalue weighted by Gasteiger charge is 2.16. The second-order valence-corrected chi connectivity index (χ2v) is 5.56. The van der Waals surface area contributed by atoms with Gasteiger partial charge in [-0.15, -0.1) is 0 Å². The van der Waals surface area contributed by atoms with Crippen molar-refractivity contribution in [1.82, 2.24) is 5.32 Å². The first-order chi connectivity index (χ1) is 8.95. The van der Waals surface area contributed by atoms with E-state index in [2.05, 4.69) is 31.4 Å². The van der Waals surface area contributed by atoms with Crippen LogP contribution < -0.4 is 10.6 Å². The largest absolute Gasteiger partial charge is 0.384 e. The number of nitrogens with one attached hydrogen (secondary N) is 2. The van der Waals surface area contributed by atoms with Gasteiger partial charge in [-0.05, 0) is 37.5 Å². The second kappa shape index (κ2) is 7.39. The molecule has 106 valence electrons. The van der Waals surface area contributed by atoms with Crippen LogP contribution in [0.3, 0.4) is 0 Å². The number of amides is 1. The molecule has 0 aliphatic heterocycles. The molecule has 1 aromatic rings. The third-order valence-corrected chi connectivity index (χ3v) is 3.39. The fraction of sp³-hybridized carbons (Fsp3) is 0.533. The van der Waals surface area contributed by atoms with Crippen molar-refractivity contribution in [2.75, 3.05) is 11.9 Å². The number of hydrogen-bond acceptors (Lipinski definition) is 2. The highest BCUT2D eigenvalue weighted by Crippen LogP contribution is 2.21. The molecule has 0 heterocycles. The molecule has 19 heavy (non-hydrogen) atoms. The molecule has 0 radical (unpaired) electrons. The maximum Gasteiger partial charge on any atom is 0.253 e. The molecule has 0 aliphatic carbocycles. The van der Waals surface area contributed by atoms with Gasteiger partial charge in [0.05, 0.1) is 5.56 Å². The zero-order valence-electron chi connectivity index (χ0n) is 12.1. The average Bonchev–Trinajstić information content (AvgIpc) is 2.36. The van der Waals surface area contributed by atoms with E-state index in [1.807, 2.05) is 13.0 Å². The maximum absolute atomic E-state index is 12.3. The van der Waals surface area contributed by atoms with E-state index in [1.165, 1.54) is 0 Å². The Morgan fingerprint density at radius 2 is 2.00 bits per heavy atom. The molecule has 1 aromatic carbocycles. The fourth-order valence-electron chi connectivity index (χ4n) is 1.57. The first-order valence-electron chi connectivity index (χ1n) is 6.80. The summed E-state index contributed by atoms with van der Waals surface area (Å²) in [6.45, 7) is 9.09. The van der Waals surface area contributed by atoms with Crippen LogP contribution in [-0.2, 0) is 0 Å². The summed E-state index contributed by atoms with van der Waals surface area (Å²) < 4.78 is 0. The van der Waals surface area contributed by atoms with Gasteiger partial charge in [-0.3, -0.25) is 4.79 Å². The lowest BCUT2D eigenvalue weighted by atomic mass is 10.1. The molecule has 1 atom stereocenters. The predicted molar refractivity (Wildman–Crippen MR) is 82.0 cm³/mol. The molecular weight excluding hydrogens is 260 g/mol. The molecule has 2 N–H and O–H groups in total. The number of carbonyl (C=O) groups excluding carboxylic acids is 1. The SMILES string of the molecule is CCCNc1ccc(Cl)cc1C(=O)NC(C)C(C)C. The van der Waals surface area contributed by atoms with E-state index in [4.69, 9.17) is 11.6 Å². The standard InChI is InChI=1S/C15H23ClN2O/c1-5-8-17-14-7-6-12(16)9-13(14)15(19)18-11(4)10(2)3/h6-7,9-11,17H,5,8H2,1-4H3,(H,18,19). The minimum absolute atomic E-state index is 0.0812. The molecule has 0 aliphatic rings. The zero-order valence-corrected chi connectivity index (χ0v) is 12.8. The highest BCUT2D eigenvalue weighted by atomic mass is 35.5. The Bertz CT molecular complexity index is 432. The monoisotopic (exact) mass is 282 g/mol.